The zero-order chi connectivity index (χ0) is 13.6. The number of nitrogens with zero attached hydrogens (tertiary/aromatic N) is 2. The van der Waals surface area contributed by atoms with Gasteiger partial charge in [0.05, 0.1) is 15.1 Å². The van der Waals surface area contributed by atoms with E-state index in [0.29, 0.717) is 22.3 Å². The second-order valence-corrected chi connectivity index (χ2v) is 6.91. The fourth-order valence-electron chi connectivity index (χ4n) is 2.91. The monoisotopic (exact) mass is 298 g/mol. The molecule has 2 bridgehead atoms. The van der Waals surface area contributed by atoms with Crippen LogP contribution in [0.25, 0.3) is 0 Å². The molecule has 0 spiro atoms. The summed E-state index contributed by atoms with van der Waals surface area (Å²) in [5, 5.41) is 0. The van der Waals surface area contributed by atoms with E-state index in [-0.39, 0.29) is 23.8 Å². The Labute approximate surface area is 120 Å². The van der Waals surface area contributed by atoms with E-state index in [1.165, 1.54) is 11.3 Å². The van der Waals surface area contributed by atoms with Gasteiger partial charge in [-0.05, 0) is 25.0 Å². The summed E-state index contributed by atoms with van der Waals surface area (Å²) in [5.41, 5.74) is 0. The standard InChI is InChI=1S/C13H15ClN2O2S/c1-15-9-3-2-8(12(15)17)6-16(7-9)13(18)10-4-5-11(14)19-10/h4-5,8-9H,2-3,6-7H2,1H3/t8-,9+/m1/s1. The van der Waals surface area contributed by atoms with Gasteiger partial charge >= 0.3 is 0 Å². The second kappa shape index (κ2) is 4.80. The molecule has 0 saturated carbocycles. The smallest absolute Gasteiger partial charge is 0.264 e. The summed E-state index contributed by atoms with van der Waals surface area (Å²) in [7, 11) is 1.84. The Hall–Kier alpha value is -1.07. The summed E-state index contributed by atoms with van der Waals surface area (Å²) in [6, 6.07) is 3.65. The number of piperidine rings is 1. The van der Waals surface area contributed by atoms with Crippen molar-refractivity contribution in [2.75, 3.05) is 20.1 Å². The van der Waals surface area contributed by atoms with Crippen LogP contribution in [0, 0.1) is 5.92 Å². The molecule has 0 radical (unpaired) electrons. The molecule has 2 amide bonds. The quantitative estimate of drug-likeness (QED) is 0.796. The number of fused-ring (bicyclic) bond motifs is 4. The zero-order valence-electron chi connectivity index (χ0n) is 10.6. The molecule has 4 heterocycles. The highest BCUT2D eigenvalue weighted by Crippen LogP contribution is 2.30. The lowest BCUT2D eigenvalue weighted by Crippen LogP contribution is -2.45. The molecular weight excluding hydrogens is 284 g/mol. The molecule has 102 valence electrons. The maximum atomic E-state index is 12.4. The minimum absolute atomic E-state index is 0.00287. The van der Waals surface area contributed by atoms with Crippen LogP contribution in [0.5, 0.6) is 0 Å². The Morgan fingerprint density at radius 1 is 1.37 bits per heavy atom. The van der Waals surface area contributed by atoms with Gasteiger partial charge in [-0.3, -0.25) is 9.59 Å². The van der Waals surface area contributed by atoms with Gasteiger partial charge in [-0.1, -0.05) is 11.6 Å². The van der Waals surface area contributed by atoms with E-state index in [2.05, 4.69) is 0 Å². The molecular formula is C13H15ClN2O2S. The van der Waals surface area contributed by atoms with Gasteiger partial charge in [0, 0.05) is 26.2 Å². The topological polar surface area (TPSA) is 40.6 Å². The first kappa shape index (κ1) is 12.9. The average Bonchev–Trinajstić information content (AvgIpc) is 2.66. The minimum atomic E-state index is -0.0388. The molecule has 19 heavy (non-hydrogen) atoms. The van der Waals surface area contributed by atoms with Crippen LogP contribution >= 0.6 is 22.9 Å². The summed E-state index contributed by atoms with van der Waals surface area (Å²) in [6.07, 6.45) is 1.88. The van der Waals surface area contributed by atoms with E-state index < -0.39 is 0 Å². The second-order valence-electron chi connectivity index (χ2n) is 5.19. The van der Waals surface area contributed by atoms with Crippen LogP contribution in [-0.4, -0.2) is 47.8 Å². The lowest BCUT2D eigenvalue weighted by atomic mass is 9.95. The molecule has 3 aliphatic rings. The molecule has 1 aromatic rings. The lowest BCUT2D eigenvalue weighted by molar-refractivity contribution is -0.138. The third kappa shape index (κ3) is 2.25. The molecule has 2 atom stereocenters. The van der Waals surface area contributed by atoms with Crippen molar-refractivity contribution >= 4 is 34.8 Å². The molecule has 0 unspecified atom stereocenters. The molecule has 0 N–H and O–H groups in total. The van der Waals surface area contributed by atoms with Crippen LogP contribution < -0.4 is 0 Å². The van der Waals surface area contributed by atoms with Crippen molar-refractivity contribution in [3.8, 4) is 0 Å². The normalized spacial score (nSPS) is 26.7. The molecule has 0 aromatic carbocycles. The van der Waals surface area contributed by atoms with Gasteiger partial charge in [0.2, 0.25) is 5.91 Å². The number of amides is 2. The van der Waals surface area contributed by atoms with Crippen LogP contribution in [-0.2, 0) is 4.79 Å². The van der Waals surface area contributed by atoms with Crippen molar-refractivity contribution in [3.63, 3.8) is 0 Å². The van der Waals surface area contributed by atoms with E-state index in [4.69, 9.17) is 11.6 Å². The van der Waals surface area contributed by atoms with Crippen molar-refractivity contribution in [1.29, 1.82) is 0 Å². The largest absolute Gasteiger partial charge is 0.341 e. The highest BCUT2D eigenvalue weighted by molar-refractivity contribution is 7.17. The summed E-state index contributed by atoms with van der Waals surface area (Å²) in [5.74, 6) is 0.135. The Morgan fingerprint density at radius 2 is 2.16 bits per heavy atom. The fraction of sp³-hybridized carbons (Fsp3) is 0.538. The lowest BCUT2D eigenvalue weighted by Gasteiger charge is -2.32. The first-order valence-corrected chi connectivity index (χ1v) is 7.57. The van der Waals surface area contributed by atoms with E-state index in [9.17, 15) is 9.59 Å². The molecule has 0 aliphatic carbocycles. The maximum Gasteiger partial charge on any atom is 0.264 e. The number of halogens is 1. The van der Waals surface area contributed by atoms with Crippen molar-refractivity contribution in [3.05, 3.63) is 21.3 Å². The van der Waals surface area contributed by atoms with Crippen molar-refractivity contribution in [2.24, 2.45) is 5.92 Å². The Bertz CT molecular complexity index is 530. The molecule has 6 heteroatoms. The van der Waals surface area contributed by atoms with Crippen molar-refractivity contribution < 1.29 is 9.59 Å². The van der Waals surface area contributed by atoms with Gasteiger partial charge in [-0.25, -0.2) is 0 Å². The Balaban J connectivity index is 1.83. The van der Waals surface area contributed by atoms with Gasteiger partial charge in [0.25, 0.3) is 5.91 Å². The SMILES string of the molecule is CN1C(=O)[C@@H]2CC[C@H]1CN(C(=O)c1ccc(Cl)s1)C2. The summed E-state index contributed by atoms with van der Waals surface area (Å²) < 4.78 is 0.620. The third-order valence-corrected chi connectivity index (χ3v) is 5.26. The van der Waals surface area contributed by atoms with Gasteiger partial charge < -0.3 is 9.80 Å². The average molecular weight is 299 g/mol. The predicted molar refractivity (Wildman–Crippen MR) is 74.5 cm³/mol. The number of thiophene rings is 1. The van der Waals surface area contributed by atoms with Gasteiger partial charge in [-0.2, -0.15) is 0 Å². The van der Waals surface area contributed by atoms with Gasteiger partial charge in [-0.15, -0.1) is 11.3 Å². The van der Waals surface area contributed by atoms with Crippen LogP contribution in [0.4, 0.5) is 0 Å². The van der Waals surface area contributed by atoms with E-state index >= 15 is 0 Å². The summed E-state index contributed by atoms with van der Waals surface area (Å²) >= 11 is 7.17. The van der Waals surface area contributed by atoms with Crippen molar-refractivity contribution in [2.45, 2.75) is 18.9 Å². The predicted octanol–water partition coefficient (Wildman–Crippen LogP) is 2.09. The number of carbonyl (C=O) groups is 2. The van der Waals surface area contributed by atoms with Crippen LogP contribution in [0.2, 0.25) is 4.34 Å². The van der Waals surface area contributed by atoms with Crippen molar-refractivity contribution in [1.82, 2.24) is 9.80 Å². The van der Waals surface area contributed by atoms with Gasteiger partial charge in [0.15, 0.2) is 0 Å². The molecule has 3 saturated heterocycles. The molecule has 4 nitrogen and oxygen atoms in total. The highest BCUT2D eigenvalue weighted by Gasteiger charge is 2.40. The third-order valence-electron chi connectivity index (χ3n) is 4.04. The molecule has 3 aliphatic heterocycles. The number of carbonyl (C=O) groups excluding carboxylic acids is 2. The number of hydrogen-bond acceptors (Lipinski definition) is 3. The van der Waals surface area contributed by atoms with E-state index in [1.807, 2.05) is 16.8 Å². The molecule has 4 rings (SSSR count). The molecule has 1 aromatic heterocycles. The Morgan fingerprint density at radius 3 is 2.84 bits per heavy atom. The van der Waals surface area contributed by atoms with Gasteiger partial charge in [0.1, 0.15) is 0 Å². The minimum Gasteiger partial charge on any atom is -0.341 e. The number of hydrogen-bond donors (Lipinski definition) is 0. The number of likely N-dealkylation sites (N-methyl/N-ethyl adjacent to an activating group) is 1. The maximum absolute atomic E-state index is 12.4. The summed E-state index contributed by atoms with van der Waals surface area (Å²) in [4.78, 5) is 28.8. The van der Waals surface area contributed by atoms with E-state index in [1.54, 1.807) is 12.1 Å². The summed E-state index contributed by atoms with van der Waals surface area (Å²) in [6.45, 7) is 1.17. The van der Waals surface area contributed by atoms with E-state index in [0.717, 1.165) is 12.8 Å². The fourth-order valence-corrected chi connectivity index (χ4v) is 3.92. The first-order chi connectivity index (χ1) is 9.06. The number of rotatable bonds is 1. The van der Waals surface area contributed by atoms with Crippen LogP contribution in [0.1, 0.15) is 22.5 Å². The molecule has 3 fully saturated rings. The highest BCUT2D eigenvalue weighted by atomic mass is 35.5. The van der Waals surface area contributed by atoms with Crippen LogP contribution in [0.15, 0.2) is 12.1 Å². The Kier molecular flexibility index (Phi) is 3.27. The first-order valence-electron chi connectivity index (χ1n) is 6.37. The zero-order valence-corrected chi connectivity index (χ0v) is 12.2. The van der Waals surface area contributed by atoms with Crippen LogP contribution in [0.3, 0.4) is 0 Å².